The summed E-state index contributed by atoms with van der Waals surface area (Å²) < 4.78 is 6.10. The lowest BCUT2D eigenvalue weighted by atomic mass is 9.95. The Kier molecular flexibility index (Phi) is 7.25. The molecule has 2 aliphatic heterocycles. The number of rotatable bonds is 6. The molecule has 2 aliphatic rings. The second kappa shape index (κ2) is 10.3. The van der Waals surface area contributed by atoms with Crippen molar-refractivity contribution < 1.29 is 9.53 Å². The van der Waals surface area contributed by atoms with Crippen molar-refractivity contribution >= 4 is 11.6 Å². The molecule has 1 N–H and O–H groups in total. The number of carbonyl (C=O) groups excluding carboxylic acids is 1. The highest BCUT2D eigenvalue weighted by atomic mass is 16.5. The van der Waals surface area contributed by atoms with Crippen molar-refractivity contribution in [1.82, 2.24) is 9.80 Å². The Labute approximate surface area is 186 Å². The normalized spacial score (nSPS) is 19.3. The van der Waals surface area contributed by atoms with Crippen LogP contribution in [0.15, 0.2) is 48.5 Å². The summed E-state index contributed by atoms with van der Waals surface area (Å²) in [5, 5.41) is 3.10. The number of aryl methyl sites for hydroxylation is 1. The summed E-state index contributed by atoms with van der Waals surface area (Å²) in [6.07, 6.45) is 4.25. The first-order valence-electron chi connectivity index (χ1n) is 11.6. The van der Waals surface area contributed by atoms with Crippen LogP contribution in [-0.2, 0) is 11.3 Å². The van der Waals surface area contributed by atoms with Crippen molar-refractivity contribution in [3.63, 3.8) is 0 Å². The summed E-state index contributed by atoms with van der Waals surface area (Å²) >= 11 is 0. The predicted octanol–water partition coefficient (Wildman–Crippen LogP) is 4.32. The maximum Gasteiger partial charge on any atom is 0.227 e. The van der Waals surface area contributed by atoms with Crippen LogP contribution in [0.3, 0.4) is 0 Å². The second-order valence-electron chi connectivity index (χ2n) is 9.17. The lowest BCUT2D eigenvalue weighted by molar-refractivity contribution is -0.121. The van der Waals surface area contributed by atoms with E-state index < -0.39 is 0 Å². The van der Waals surface area contributed by atoms with Crippen LogP contribution >= 0.6 is 0 Å². The van der Waals surface area contributed by atoms with Gasteiger partial charge in [0.1, 0.15) is 11.9 Å². The third-order valence-electron chi connectivity index (χ3n) is 6.58. The van der Waals surface area contributed by atoms with Crippen LogP contribution in [0.4, 0.5) is 5.69 Å². The molecule has 0 aliphatic carbocycles. The van der Waals surface area contributed by atoms with Gasteiger partial charge in [-0.25, -0.2) is 0 Å². The average Bonchev–Trinajstić information content (AvgIpc) is 2.79. The molecule has 1 amide bonds. The first-order chi connectivity index (χ1) is 15.0. The molecule has 2 aromatic carbocycles. The molecule has 5 heteroatoms. The Morgan fingerprint density at radius 1 is 0.935 bits per heavy atom. The zero-order chi connectivity index (χ0) is 21.6. The number of likely N-dealkylation sites (tertiary alicyclic amines) is 2. The summed E-state index contributed by atoms with van der Waals surface area (Å²) in [7, 11) is 2.15. The molecule has 2 heterocycles. The fraction of sp³-hybridized carbons (Fsp3) is 0.500. The van der Waals surface area contributed by atoms with Gasteiger partial charge in [0.05, 0.1) is 0 Å². The van der Waals surface area contributed by atoms with E-state index in [1.165, 1.54) is 11.1 Å². The standard InChI is InChI=1S/C26H35N3O2/c1-20-3-5-21(6-4-20)19-29-17-11-22(12-18-29)26(30)27-23-7-9-24(10-8-23)31-25-13-15-28(2)16-14-25/h3-10,22,25H,11-19H2,1-2H3,(H,27,30). The SMILES string of the molecule is Cc1ccc(CN2CCC(C(=O)Nc3ccc(OC4CCN(C)CC4)cc3)CC2)cc1. The van der Waals surface area contributed by atoms with Gasteiger partial charge in [0, 0.05) is 31.2 Å². The Morgan fingerprint density at radius 3 is 2.23 bits per heavy atom. The molecule has 0 bridgehead atoms. The molecule has 0 unspecified atom stereocenters. The fourth-order valence-corrected chi connectivity index (χ4v) is 4.46. The molecule has 31 heavy (non-hydrogen) atoms. The number of hydrogen-bond acceptors (Lipinski definition) is 4. The Bertz CT molecular complexity index is 834. The number of ether oxygens (including phenoxy) is 1. The van der Waals surface area contributed by atoms with E-state index in [9.17, 15) is 4.79 Å². The number of hydrogen-bond donors (Lipinski definition) is 1. The second-order valence-corrected chi connectivity index (χ2v) is 9.17. The summed E-state index contributed by atoms with van der Waals surface area (Å²) in [6.45, 7) is 7.19. The maximum atomic E-state index is 12.7. The van der Waals surface area contributed by atoms with Crippen LogP contribution in [0.2, 0.25) is 0 Å². The van der Waals surface area contributed by atoms with Gasteiger partial charge in [-0.2, -0.15) is 0 Å². The number of anilines is 1. The molecule has 166 valence electrons. The molecule has 0 atom stereocenters. The highest BCUT2D eigenvalue weighted by Crippen LogP contribution is 2.24. The van der Waals surface area contributed by atoms with Gasteiger partial charge in [-0.05, 0) is 82.6 Å². The van der Waals surface area contributed by atoms with Crippen LogP contribution in [-0.4, -0.2) is 55.0 Å². The molecule has 0 spiro atoms. The molecular formula is C26H35N3O2. The number of nitrogens with one attached hydrogen (secondary N) is 1. The molecule has 5 nitrogen and oxygen atoms in total. The highest BCUT2D eigenvalue weighted by Gasteiger charge is 2.25. The third-order valence-corrected chi connectivity index (χ3v) is 6.58. The minimum absolute atomic E-state index is 0.0874. The summed E-state index contributed by atoms with van der Waals surface area (Å²) in [5.41, 5.74) is 3.49. The van der Waals surface area contributed by atoms with Crippen molar-refractivity contribution in [2.45, 2.75) is 45.3 Å². The number of amides is 1. The van der Waals surface area contributed by atoms with Gasteiger partial charge in [-0.3, -0.25) is 9.69 Å². The number of carbonyl (C=O) groups is 1. The first kappa shape index (κ1) is 21.8. The highest BCUT2D eigenvalue weighted by molar-refractivity contribution is 5.92. The Balaban J connectivity index is 1.21. The van der Waals surface area contributed by atoms with E-state index in [-0.39, 0.29) is 11.8 Å². The molecule has 0 aromatic heterocycles. The Morgan fingerprint density at radius 2 is 1.58 bits per heavy atom. The van der Waals surface area contributed by atoms with Crippen LogP contribution < -0.4 is 10.1 Å². The van der Waals surface area contributed by atoms with Crippen LogP contribution in [0.1, 0.15) is 36.8 Å². The van der Waals surface area contributed by atoms with E-state index in [2.05, 4.69) is 53.4 Å². The molecule has 2 saturated heterocycles. The largest absolute Gasteiger partial charge is 0.490 e. The van der Waals surface area contributed by atoms with Crippen molar-refractivity contribution in [3.8, 4) is 5.75 Å². The van der Waals surface area contributed by atoms with Gasteiger partial charge < -0.3 is 15.0 Å². The minimum Gasteiger partial charge on any atom is -0.490 e. The van der Waals surface area contributed by atoms with E-state index in [4.69, 9.17) is 4.74 Å². The van der Waals surface area contributed by atoms with E-state index in [1.54, 1.807) is 0 Å². The topological polar surface area (TPSA) is 44.8 Å². The zero-order valence-electron chi connectivity index (χ0n) is 18.8. The van der Waals surface area contributed by atoms with Gasteiger partial charge in [-0.15, -0.1) is 0 Å². The van der Waals surface area contributed by atoms with Gasteiger partial charge >= 0.3 is 0 Å². The lowest BCUT2D eigenvalue weighted by Crippen LogP contribution is -2.37. The fourth-order valence-electron chi connectivity index (χ4n) is 4.46. The molecular weight excluding hydrogens is 386 g/mol. The van der Waals surface area contributed by atoms with E-state index in [0.29, 0.717) is 6.10 Å². The molecule has 2 fully saturated rings. The molecule has 4 rings (SSSR count). The van der Waals surface area contributed by atoms with Crippen molar-refractivity contribution in [2.75, 3.05) is 38.5 Å². The monoisotopic (exact) mass is 421 g/mol. The van der Waals surface area contributed by atoms with Crippen LogP contribution in [0.5, 0.6) is 5.75 Å². The van der Waals surface area contributed by atoms with Gasteiger partial charge in [-0.1, -0.05) is 29.8 Å². The summed E-state index contributed by atoms with van der Waals surface area (Å²) in [5.74, 6) is 1.11. The van der Waals surface area contributed by atoms with E-state index in [0.717, 1.165) is 69.8 Å². The zero-order valence-corrected chi connectivity index (χ0v) is 18.8. The van der Waals surface area contributed by atoms with Crippen molar-refractivity contribution in [3.05, 3.63) is 59.7 Å². The average molecular weight is 422 g/mol. The third kappa shape index (κ3) is 6.31. The van der Waals surface area contributed by atoms with E-state index in [1.807, 2.05) is 24.3 Å². The van der Waals surface area contributed by atoms with Crippen molar-refractivity contribution in [2.24, 2.45) is 5.92 Å². The summed E-state index contributed by atoms with van der Waals surface area (Å²) in [4.78, 5) is 17.5. The van der Waals surface area contributed by atoms with Crippen molar-refractivity contribution in [1.29, 1.82) is 0 Å². The smallest absolute Gasteiger partial charge is 0.227 e. The lowest BCUT2D eigenvalue weighted by Gasteiger charge is -2.31. The van der Waals surface area contributed by atoms with Gasteiger partial charge in [0.25, 0.3) is 0 Å². The van der Waals surface area contributed by atoms with Crippen LogP contribution in [0, 0.1) is 12.8 Å². The minimum atomic E-state index is 0.0874. The van der Waals surface area contributed by atoms with E-state index >= 15 is 0 Å². The first-order valence-corrected chi connectivity index (χ1v) is 11.6. The molecule has 0 saturated carbocycles. The number of benzene rings is 2. The number of nitrogens with zero attached hydrogens (tertiary/aromatic N) is 2. The maximum absolute atomic E-state index is 12.7. The Hall–Kier alpha value is -2.37. The van der Waals surface area contributed by atoms with Gasteiger partial charge in [0.15, 0.2) is 0 Å². The quantitative estimate of drug-likeness (QED) is 0.755. The molecule has 0 radical (unpaired) electrons. The number of piperidine rings is 2. The predicted molar refractivity (Wildman–Crippen MR) is 125 cm³/mol. The molecule has 2 aromatic rings. The summed E-state index contributed by atoms with van der Waals surface area (Å²) in [6, 6.07) is 16.6. The van der Waals surface area contributed by atoms with Crippen LogP contribution in [0.25, 0.3) is 0 Å². The van der Waals surface area contributed by atoms with Gasteiger partial charge in [0.2, 0.25) is 5.91 Å².